The maximum absolute atomic E-state index is 4.89. The van der Waals surface area contributed by atoms with Crippen LogP contribution in [0.4, 0.5) is 0 Å². The average molecular weight is 501 g/mol. The van der Waals surface area contributed by atoms with Crippen LogP contribution in [0.15, 0.2) is 85.5 Å². The van der Waals surface area contributed by atoms with E-state index in [4.69, 9.17) is 9.97 Å². The van der Waals surface area contributed by atoms with Gasteiger partial charge in [0.05, 0.1) is 11.4 Å². The number of rotatable bonds is 2. The first-order valence-corrected chi connectivity index (χ1v) is 13.6. The van der Waals surface area contributed by atoms with Gasteiger partial charge in [-0.3, -0.25) is 9.97 Å². The van der Waals surface area contributed by atoms with Crippen molar-refractivity contribution in [3.05, 3.63) is 107 Å². The maximum Gasteiger partial charge on any atom is 0.0968 e. The largest absolute Gasteiger partial charge is 0.387 e. The molecule has 0 unspecified atom stereocenters. The predicted octanol–water partition coefficient (Wildman–Crippen LogP) is 7.01. The summed E-state index contributed by atoms with van der Waals surface area (Å²) in [4.78, 5) is 13.3. The van der Waals surface area contributed by atoms with E-state index in [1.54, 1.807) is 0 Å². The Kier molecular flexibility index (Phi) is 4.98. The van der Waals surface area contributed by atoms with Gasteiger partial charge in [-0.15, -0.1) is 11.3 Å². The highest BCUT2D eigenvalue weighted by molar-refractivity contribution is 7.20. The van der Waals surface area contributed by atoms with Gasteiger partial charge in [0.15, 0.2) is 0 Å². The maximum atomic E-state index is 4.89. The van der Waals surface area contributed by atoms with Crippen molar-refractivity contribution in [3.8, 4) is 22.5 Å². The molecule has 182 valence electrons. The molecule has 4 heterocycles. The van der Waals surface area contributed by atoms with Crippen LogP contribution in [0.2, 0.25) is 0 Å². The molecule has 4 nitrogen and oxygen atoms in total. The molecule has 0 amide bonds. The third-order valence-electron chi connectivity index (χ3n) is 7.73. The minimum absolute atomic E-state index is 0.236. The minimum Gasteiger partial charge on any atom is -0.387 e. The number of aromatic nitrogens is 2. The molecule has 0 radical (unpaired) electrons. The summed E-state index contributed by atoms with van der Waals surface area (Å²) in [6, 6.07) is 13.3. The van der Waals surface area contributed by atoms with Crippen molar-refractivity contribution in [1.29, 1.82) is 0 Å². The van der Waals surface area contributed by atoms with Gasteiger partial charge in [0.1, 0.15) is 0 Å². The van der Waals surface area contributed by atoms with E-state index in [1.165, 1.54) is 53.9 Å². The summed E-state index contributed by atoms with van der Waals surface area (Å²) in [6.07, 6.45) is 16.8. The van der Waals surface area contributed by atoms with Gasteiger partial charge in [-0.1, -0.05) is 68.5 Å². The molecular formula is C32H28N4S. The Labute approximate surface area is 221 Å². The van der Waals surface area contributed by atoms with Crippen molar-refractivity contribution < 1.29 is 0 Å². The number of fused-ring (bicyclic) bond motifs is 7. The number of likely N-dealkylation sites (N-methyl/N-ethyl adjacent to an activating group) is 1. The van der Waals surface area contributed by atoms with Gasteiger partial charge in [-0.2, -0.15) is 0 Å². The third kappa shape index (κ3) is 3.34. The molecule has 2 aromatic heterocycles. The Morgan fingerprint density at radius 2 is 1.81 bits per heavy atom. The molecule has 0 spiro atoms. The van der Waals surface area contributed by atoms with E-state index in [2.05, 4.69) is 98.0 Å². The Morgan fingerprint density at radius 1 is 1.00 bits per heavy atom. The molecule has 0 fully saturated rings. The summed E-state index contributed by atoms with van der Waals surface area (Å²) in [5.74, 6) is 0. The first kappa shape index (κ1) is 22.3. The van der Waals surface area contributed by atoms with Crippen LogP contribution in [-0.4, -0.2) is 35.0 Å². The predicted molar refractivity (Wildman–Crippen MR) is 155 cm³/mol. The Bertz CT molecular complexity index is 1700. The zero-order valence-electron chi connectivity index (χ0n) is 21.2. The lowest BCUT2D eigenvalue weighted by Crippen LogP contribution is -2.20. The van der Waals surface area contributed by atoms with Gasteiger partial charge < -0.3 is 10.2 Å². The zero-order chi connectivity index (χ0) is 25.1. The molecule has 2 aromatic carbocycles. The molecule has 1 aliphatic carbocycles. The van der Waals surface area contributed by atoms with E-state index >= 15 is 0 Å². The summed E-state index contributed by atoms with van der Waals surface area (Å²) in [7, 11) is 2.14. The van der Waals surface area contributed by atoms with Gasteiger partial charge in [-0.05, 0) is 34.5 Å². The lowest BCUT2D eigenvalue weighted by Gasteiger charge is -2.28. The lowest BCUT2D eigenvalue weighted by molar-refractivity contribution is 0.507. The first-order valence-electron chi connectivity index (χ1n) is 12.7. The number of benzene rings is 2. The van der Waals surface area contributed by atoms with Gasteiger partial charge in [0.2, 0.25) is 0 Å². The van der Waals surface area contributed by atoms with E-state index in [9.17, 15) is 0 Å². The third-order valence-corrected chi connectivity index (χ3v) is 9.03. The highest BCUT2D eigenvalue weighted by Crippen LogP contribution is 2.53. The monoisotopic (exact) mass is 500 g/mol. The molecule has 7 rings (SSSR count). The van der Waals surface area contributed by atoms with Crippen LogP contribution in [0, 0.1) is 0 Å². The van der Waals surface area contributed by atoms with Crippen LogP contribution in [0.1, 0.15) is 35.4 Å². The molecule has 0 saturated heterocycles. The molecule has 0 bridgehead atoms. The van der Waals surface area contributed by atoms with E-state index < -0.39 is 0 Å². The lowest BCUT2D eigenvalue weighted by atomic mass is 9.75. The number of hydrogen-bond acceptors (Lipinski definition) is 5. The number of nitrogens with one attached hydrogen (secondary N) is 1. The van der Waals surface area contributed by atoms with E-state index in [0.717, 1.165) is 24.5 Å². The summed E-state index contributed by atoms with van der Waals surface area (Å²) < 4.78 is 1.33. The van der Waals surface area contributed by atoms with E-state index in [-0.39, 0.29) is 5.41 Å². The Hall–Kier alpha value is -3.96. The summed E-state index contributed by atoms with van der Waals surface area (Å²) >= 11 is 1.92. The van der Waals surface area contributed by atoms with Crippen LogP contribution in [0.3, 0.4) is 0 Å². The quantitative estimate of drug-likeness (QED) is 0.321. The highest BCUT2D eigenvalue weighted by Gasteiger charge is 2.37. The minimum atomic E-state index is -0.236. The van der Waals surface area contributed by atoms with Crippen molar-refractivity contribution in [2.45, 2.75) is 19.3 Å². The fraction of sp³-hybridized carbons (Fsp3) is 0.188. The van der Waals surface area contributed by atoms with Crippen LogP contribution in [-0.2, 0) is 5.41 Å². The van der Waals surface area contributed by atoms with Crippen molar-refractivity contribution >= 4 is 32.6 Å². The van der Waals surface area contributed by atoms with Crippen molar-refractivity contribution in [2.75, 3.05) is 20.1 Å². The molecule has 1 N–H and O–H groups in total. The number of thiophene rings is 1. The van der Waals surface area contributed by atoms with Crippen molar-refractivity contribution in [3.63, 3.8) is 0 Å². The molecule has 4 aromatic rings. The number of dihydropyridines is 1. The molecule has 2 aliphatic heterocycles. The molecule has 0 atom stereocenters. The van der Waals surface area contributed by atoms with Gasteiger partial charge in [-0.25, -0.2) is 0 Å². The number of hydrogen-bond donors (Lipinski definition) is 1. The van der Waals surface area contributed by atoms with Crippen LogP contribution in [0.5, 0.6) is 0 Å². The second-order valence-electron chi connectivity index (χ2n) is 10.5. The van der Waals surface area contributed by atoms with Crippen LogP contribution >= 0.6 is 11.3 Å². The topological polar surface area (TPSA) is 41.0 Å². The first-order chi connectivity index (χ1) is 18.0. The van der Waals surface area contributed by atoms with Crippen molar-refractivity contribution in [1.82, 2.24) is 20.2 Å². The smallest absolute Gasteiger partial charge is 0.0968 e. The van der Waals surface area contributed by atoms with E-state index in [0.29, 0.717) is 0 Å². The molecular weight excluding hydrogens is 472 g/mol. The van der Waals surface area contributed by atoms with Gasteiger partial charge in [0, 0.05) is 75.8 Å². The zero-order valence-corrected chi connectivity index (χ0v) is 22.1. The second-order valence-corrected chi connectivity index (χ2v) is 11.5. The average Bonchev–Trinajstić information content (AvgIpc) is 3.29. The van der Waals surface area contributed by atoms with E-state index in [1.807, 2.05) is 29.9 Å². The van der Waals surface area contributed by atoms with Gasteiger partial charge in [0.25, 0.3) is 0 Å². The summed E-state index contributed by atoms with van der Waals surface area (Å²) in [6.45, 7) is 6.47. The van der Waals surface area contributed by atoms with Gasteiger partial charge >= 0.3 is 0 Å². The highest BCUT2D eigenvalue weighted by atomic mass is 32.1. The fourth-order valence-electron chi connectivity index (χ4n) is 6.04. The number of allylic oxidation sites excluding steroid dienone is 4. The Balaban J connectivity index is 1.61. The van der Waals surface area contributed by atoms with Crippen LogP contribution in [0.25, 0.3) is 43.7 Å². The van der Waals surface area contributed by atoms with Crippen molar-refractivity contribution in [2.24, 2.45) is 0 Å². The SMILES string of the molecule is CN1C=C(c2c(C3=CC=CNC3)sc3c4c(ccc23)-c2nccnc2-c2ccccc2C4(C)C)C=CC1. The number of nitrogens with zero attached hydrogens (tertiary/aromatic N) is 3. The Morgan fingerprint density at radius 3 is 2.59 bits per heavy atom. The second kappa shape index (κ2) is 8.29. The summed E-state index contributed by atoms with van der Waals surface area (Å²) in [5, 5.41) is 4.73. The van der Waals surface area contributed by atoms with Crippen LogP contribution < -0.4 is 5.32 Å². The molecule has 3 aliphatic rings. The molecule has 0 saturated carbocycles. The molecule has 37 heavy (non-hydrogen) atoms. The molecule has 5 heteroatoms. The standard InChI is InChI=1S/C32H28N4S/c1-32(2)25-11-5-4-10-22(25)28-29(35-16-15-34-28)24-13-12-23-26(21-9-7-17-36(3)19-21)30(37-31(23)27(24)32)20-8-6-14-33-18-20/h4-16,19,33H,17-18H2,1-3H3. The summed E-state index contributed by atoms with van der Waals surface area (Å²) in [5.41, 5.74) is 10.6. The fourth-order valence-corrected chi connectivity index (χ4v) is 7.59. The normalized spacial score (nSPS) is 17.3.